The third-order valence-corrected chi connectivity index (χ3v) is 3.57. The van der Waals surface area contributed by atoms with Gasteiger partial charge in [-0.2, -0.15) is 13.2 Å². The summed E-state index contributed by atoms with van der Waals surface area (Å²) in [5.74, 6) is -0.614. The normalized spacial score (nSPS) is 13.2. The summed E-state index contributed by atoms with van der Waals surface area (Å²) in [4.78, 5) is 3.82. The van der Waals surface area contributed by atoms with Gasteiger partial charge in [-0.25, -0.2) is 9.11 Å². The first-order valence-electron chi connectivity index (χ1n) is 5.71. The quantitative estimate of drug-likeness (QED) is 0.643. The van der Waals surface area contributed by atoms with Crippen molar-refractivity contribution in [3.05, 3.63) is 59.1 Å². The highest BCUT2D eigenvalue weighted by molar-refractivity contribution is 7.97. The van der Waals surface area contributed by atoms with E-state index < -0.39 is 18.0 Å². The summed E-state index contributed by atoms with van der Waals surface area (Å²) in [6, 6.07) is 4.54. The summed E-state index contributed by atoms with van der Waals surface area (Å²) >= 11 is 6.33. The van der Waals surface area contributed by atoms with E-state index in [1.54, 1.807) is 0 Å². The van der Waals surface area contributed by atoms with Crippen LogP contribution >= 0.6 is 23.5 Å². The van der Waals surface area contributed by atoms with Gasteiger partial charge in [0.25, 0.3) is 0 Å². The number of nitrogens with zero attached hydrogens (tertiary/aromatic N) is 1. The van der Waals surface area contributed by atoms with Crippen molar-refractivity contribution in [3.63, 3.8) is 0 Å². The first kappa shape index (κ1) is 16.1. The van der Waals surface area contributed by atoms with E-state index in [0.29, 0.717) is 17.0 Å². The second kappa shape index (κ2) is 6.64. The zero-order valence-corrected chi connectivity index (χ0v) is 11.9. The summed E-state index contributed by atoms with van der Waals surface area (Å²) < 4.78 is 54.5. The van der Waals surface area contributed by atoms with E-state index in [9.17, 15) is 17.6 Å². The lowest BCUT2D eigenvalue weighted by Gasteiger charge is -2.21. The Kier molecular flexibility index (Phi) is 5.08. The van der Waals surface area contributed by atoms with E-state index in [0.717, 1.165) is 12.3 Å². The molecule has 1 atom stereocenters. The first-order valence-corrected chi connectivity index (χ1v) is 6.91. The minimum atomic E-state index is -4.50. The number of hydrogen-bond donors (Lipinski definition) is 1. The molecule has 0 aliphatic heterocycles. The highest BCUT2D eigenvalue weighted by atomic mass is 35.5. The van der Waals surface area contributed by atoms with Crippen LogP contribution < -0.4 is 4.72 Å². The van der Waals surface area contributed by atoms with Crippen LogP contribution in [0.15, 0.2) is 47.6 Å². The Balaban J connectivity index is 2.16. The van der Waals surface area contributed by atoms with Crippen molar-refractivity contribution in [2.24, 2.45) is 0 Å². The number of nitrogens with one attached hydrogen (secondary N) is 1. The lowest BCUT2D eigenvalue weighted by Crippen LogP contribution is -2.30. The molecule has 0 amide bonds. The van der Waals surface area contributed by atoms with Gasteiger partial charge < -0.3 is 0 Å². The fourth-order valence-corrected chi connectivity index (χ4v) is 2.49. The third kappa shape index (κ3) is 4.59. The molecule has 2 rings (SSSR count). The highest BCUT2D eigenvalue weighted by Crippen LogP contribution is 2.35. The second-order valence-electron chi connectivity index (χ2n) is 4.08. The standard InChI is InChI=1S/C13H9ClF4N2S/c14-9-3-1-8(2-4-9)12(13(16,17)18)20-21-11-5-10(15)6-19-7-11/h1-7,12,20H. The van der Waals surface area contributed by atoms with E-state index in [4.69, 9.17) is 11.6 Å². The van der Waals surface area contributed by atoms with Crippen molar-refractivity contribution in [2.45, 2.75) is 17.1 Å². The summed E-state index contributed by atoms with van der Waals surface area (Å²) in [5, 5.41) is 0.349. The second-order valence-corrected chi connectivity index (χ2v) is 5.43. The van der Waals surface area contributed by atoms with Gasteiger partial charge in [-0.1, -0.05) is 23.7 Å². The molecule has 0 aliphatic carbocycles. The van der Waals surface area contributed by atoms with Crippen LogP contribution in [0, 0.1) is 5.82 Å². The maximum absolute atomic E-state index is 13.1. The largest absolute Gasteiger partial charge is 0.408 e. The Morgan fingerprint density at radius 2 is 1.81 bits per heavy atom. The Morgan fingerprint density at radius 1 is 1.14 bits per heavy atom. The number of aromatic nitrogens is 1. The summed E-state index contributed by atoms with van der Waals surface area (Å²) in [7, 11) is 0. The molecule has 112 valence electrons. The van der Waals surface area contributed by atoms with Crippen molar-refractivity contribution >= 4 is 23.5 Å². The summed E-state index contributed by atoms with van der Waals surface area (Å²) in [6.07, 6.45) is -2.25. The van der Waals surface area contributed by atoms with Crippen molar-refractivity contribution in [3.8, 4) is 0 Å². The predicted octanol–water partition coefficient (Wildman–Crippen LogP) is 4.77. The lowest BCUT2D eigenvalue weighted by atomic mass is 10.1. The van der Waals surface area contributed by atoms with E-state index in [-0.39, 0.29) is 10.5 Å². The minimum absolute atomic E-state index is 0.0174. The Morgan fingerprint density at radius 3 is 2.38 bits per heavy atom. The van der Waals surface area contributed by atoms with Gasteiger partial charge >= 0.3 is 6.18 Å². The van der Waals surface area contributed by atoms with Crippen LogP contribution in [0.25, 0.3) is 0 Å². The van der Waals surface area contributed by atoms with Gasteiger partial charge in [0, 0.05) is 16.1 Å². The molecule has 0 saturated heterocycles. The van der Waals surface area contributed by atoms with Crippen molar-refractivity contribution in [2.75, 3.05) is 0 Å². The molecular formula is C13H9ClF4N2S. The molecule has 21 heavy (non-hydrogen) atoms. The van der Waals surface area contributed by atoms with Crippen molar-refractivity contribution in [1.29, 1.82) is 0 Å². The van der Waals surface area contributed by atoms with Crippen LogP contribution in [0.1, 0.15) is 11.6 Å². The Hall–Kier alpha value is -1.31. The minimum Gasteiger partial charge on any atom is -0.260 e. The molecule has 2 nitrogen and oxygen atoms in total. The molecule has 1 heterocycles. The van der Waals surface area contributed by atoms with E-state index >= 15 is 0 Å². The first-order chi connectivity index (χ1) is 9.86. The van der Waals surface area contributed by atoms with Gasteiger partial charge in [0.05, 0.1) is 6.20 Å². The van der Waals surface area contributed by atoms with Gasteiger partial charge in [-0.15, -0.1) is 0 Å². The molecule has 1 N–H and O–H groups in total. The third-order valence-electron chi connectivity index (χ3n) is 2.51. The number of hydrogen-bond acceptors (Lipinski definition) is 3. The fourth-order valence-electron chi connectivity index (χ4n) is 1.55. The molecule has 1 unspecified atom stereocenters. The maximum atomic E-state index is 13.1. The molecule has 2 aromatic rings. The topological polar surface area (TPSA) is 24.9 Å². The average molecular weight is 337 g/mol. The average Bonchev–Trinajstić information content (AvgIpc) is 2.39. The monoisotopic (exact) mass is 336 g/mol. The molecule has 1 aromatic heterocycles. The molecule has 0 radical (unpaired) electrons. The van der Waals surface area contributed by atoms with Gasteiger partial charge in [0.15, 0.2) is 0 Å². The maximum Gasteiger partial charge on any atom is 0.408 e. The highest BCUT2D eigenvalue weighted by Gasteiger charge is 2.40. The molecular weight excluding hydrogens is 328 g/mol. The number of benzene rings is 1. The van der Waals surface area contributed by atoms with Crippen LogP contribution in [-0.4, -0.2) is 11.2 Å². The molecule has 0 bridgehead atoms. The van der Waals surface area contributed by atoms with E-state index in [1.807, 2.05) is 0 Å². The van der Waals surface area contributed by atoms with Crippen LogP contribution in [0.5, 0.6) is 0 Å². The smallest absolute Gasteiger partial charge is 0.260 e. The zero-order chi connectivity index (χ0) is 15.5. The summed E-state index contributed by atoms with van der Waals surface area (Å²) in [6.45, 7) is 0. The van der Waals surface area contributed by atoms with E-state index in [1.165, 1.54) is 30.5 Å². The Labute approximate surface area is 127 Å². The van der Waals surface area contributed by atoms with Gasteiger partial charge in [-0.3, -0.25) is 4.98 Å². The number of rotatable bonds is 4. The molecule has 1 aromatic carbocycles. The van der Waals surface area contributed by atoms with Crippen molar-refractivity contribution in [1.82, 2.24) is 9.71 Å². The van der Waals surface area contributed by atoms with Gasteiger partial charge in [0.1, 0.15) is 11.9 Å². The zero-order valence-electron chi connectivity index (χ0n) is 10.4. The molecule has 0 spiro atoms. The van der Waals surface area contributed by atoms with Crippen LogP contribution in [0.4, 0.5) is 17.6 Å². The van der Waals surface area contributed by atoms with Crippen molar-refractivity contribution < 1.29 is 17.6 Å². The number of halogens is 5. The van der Waals surface area contributed by atoms with Crippen LogP contribution in [0.3, 0.4) is 0 Å². The van der Waals surface area contributed by atoms with Gasteiger partial charge in [0.2, 0.25) is 0 Å². The van der Waals surface area contributed by atoms with E-state index in [2.05, 4.69) is 9.71 Å². The fraction of sp³-hybridized carbons (Fsp3) is 0.154. The molecule has 0 fully saturated rings. The predicted molar refractivity (Wildman–Crippen MR) is 73.4 cm³/mol. The molecule has 0 saturated carbocycles. The van der Waals surface area contributed by atoms with Gasteiger partial charge in [-0.05, 0) is 35.7 Å². The number of alkyl halides is 3. The SMILES string of the molecule is Fc1cncc(SNC(c2ccc(Cl)cc2)C(F)(F)F)c1. The Bertz CT molecular complexity index is 604. The summed E-state index contributed by atoms with van der Waals surface area (Å²) in [5.41, 5.74) is 0.0174. The lowest BCUT2D eigenvalue weighted by molar-refractivity contribution is -0.152. The molecule has 8 heteroatoms. The molecule has 0 aliphatic rings. The van der Waals surface area contributed by atoms with Crippen LogP contribution in [0.2, 0.25) is 5.02 Å². The number of pyridine rings is 1. The van der Waals surface area contributed by atoms with Crippen LogP contribution in [-0.2, 0) is 0 Å².